The zero-order valence-electron chi connectivity index (χ0n) is 18.3. The molecule has 170 valence electrons. The van der Waals surface area contributed by atoms with Crippen LogP contribution in [-0.4, -0.2) is 39.5 Å². The van der Waals surface area contributed by atoms with Gasteiger partial charge in [-0.05, 0) is 61.9 Å². The fourth-order valence-corrected chi connectivity index (χ4v) is 4.32. The van der Waals surface area contributed by atoms with Crippen LogP contribution in [-0.2, 0) is 17.6 Å². The van der Waals surface area contributed by atoms with E-state index in [4.69, 9.17) is 11.6 Å². The van der Waals surface area contributed by atoms with E-state index in [1.165, 1.54) is 6.20 Å². The first-order valence-electron chi connectivity index (χ1n) is 10.9. The lowest BCUT2D eigenvalue weighted by Gasteiger charge is -2.24. The molecule has 0 aliphatic carbocycles. The van der Waals surface area contributed by atoms with Crippen LogP contribution in [0.25, 0.3) is 0 Å². The first-order chi connectivity index (χ1) is 15.9. The van der Waals surface area contributed by atoms with E-state index in [2.05, 4.69) is 15.3 Å². The van der Waals surface area contributed by atoms with E-state index in [1.54, 1.807) is 24.3 Å². The molecule has 2 aromatic carbocycles. The second kappa shape index (κ2) is 10.0. The van der Waals surface area contributed by atoms with Gasteiger partial charge in [-0.25, -0.2) is 14.8 Å². The van der Waals surface area contributed by atoms with Gasteiger partial charge in [0.15, 0.2) is 0 Å². The third-order valence-corrected chi connectivity index (χ3v) is 6.12. The minimum Gasteiger partial charge on any atom is -0.478 e. The Kier molecular flexibility index (Phi) is 6.89. The Morgan fingerprint density at radius 2 is 2.00 bits per heavy atom. The first kappa shape index (κ1) is 22.7. The maximum absolute atomic E-state index is 13.0. The largest absolute Gasteiger partial charge is 0.478 e. The smallest absolute Gasteiger partial charge is 0.339 e. The predicted octanol–water partition coefficient (Wildman–Crippen LogP) is 4.53. The van der Waals surface area contributed by atoms with Crippen molar-refractivity contribution < 1.29 is 14.7 Å². The Bertz CT molecular complexity index is 1180. The summed E-state index contributed by atoms with van der Waals surface area (Å²) in [6.07, 6.45) is 3.96. The van der Waals surface area contributed by atoms with Crippen LogP contribution in [0.5, 0.6) is 0 Å². The van der Waals surface area contributed by atoms with E-state index in [9.17, 15) is 14.7 Å². The van der Waals surface area contributed by atoms with Crippen LogP contribution in [0.4, 0.5) is 11.6 Å². The first-order valence-corrected chi connectivity index (χ1v) is 11.3. The number of hydrogen-bond donors (Lipinski definition) is 2. The average molecular weight is 465 g/mol. The number of halogens is 1. The predicted molar refractivity (Wildman–Crippen MR) is 128 cm³/mol. The summed E-state index contributed by atoms with van der Waals surface area (Å²) in [5.74, 6) is -0.844. The van der Waals surface area contributed by atoms with E-state index in [-0.39, 0.29) is 11.5 Å². The van der Waals surface area contributed by atoms with Gasteiger partial charge in [-0.2, -0.15) is 0 Å². The summed E-state index contributed by atoms with van der Waals surface area (Å²) in [5.41, 5.74) is 3.48. The quantitative estimate of drug-likeness (QED) is 0.533. The van der Waals surface area contributed by atoms with Gasteiger partial charge in [0.05, 0.1) is 11.3 Å². The molecule has 1 amide bonds. The number of carboxylic acids is 1. The average Bonchev–Trinajstić information content (AvgIpc) is 3.28. The van der Waals surface area contributed by atoms with Gasteiger partial charge in [0, 0.05) is 23.5 Å². The standard InChI is InChI=1S/C25H25ClN4O3/c1-16-6-2-3-7-17(16)11-12-21-20(24(32)33)15-27-25(29-21)30-13-5-10-22(30)23(31)28-19-9-4-8-18(26)14-19/h2-4,6-9,14-15,22H,5,10-13H2,1H3,(H,28,31)(H,32,33)/t22-/m1/s1. The molecule has 0 bridgehead atoms. The maximum atomic E-state index is 13.0. The molecule has 3 aromatic rings. The number of aromatic carboxylic acids is 1. The number of aryl methyl sites for hydroxylation is 3. The number of rotatable bonds is 7. The van der Waals surface area contributed by atoms with Crippen LogP contribution in [0.3, 0.4) is 0 Å². The third-order valence-electron chi connectivity index (χ3n) is 5.88. The Morgan fingerprint density at radius 1 is 1.18 bits per heavy atom. The summed E-state index contributed by atoms with van der Waals surface area (Å²) in [6, 6.07) is 14.6. The Balaban J connectivity index is 1.55. The highest BCUT2D eigenvalue weighted by Crippen LogP contribution is 2.25. The molecule has 33 heavy (non-hydrogen) atoms. The van der Waals surface area contributed by atoms with E-state index >= 15 is 0 Å². The number of amides is 1. The van der Waals surface area contributed by atoms with Crippen molar-refractivity contribution >= 4 is 35.1 Å². The molecular weight excluding hydrogens is 440 g/mol. The highest BCUT2D eigenvalue weighted by atomic mass is 35.5. The van der Waals surface area contributed by atoms with Gasteiger partial charge in [-0.15, -0.1) is 0 Å². The second-order valence-corrected chi connectivity index (χ2v) is 8.55. The van der Waals surface area contributed by atoms with Crippen molar-refractivity contribution in [3.8, 4) is 0 Å². The summed E-state index contributed by atoms with van der Waals surface area (Å²) in [4.78, 5) is 35.5. The van der Waals surface area contributed by atoms with E-state index in [1.807, 2.05) is 36.1 Å². The second-order valence-electron chi connectivity index (χ2n) is 8.11. The SMILES string of the molecule is Cc1ccccc1CCc1nc(N2CCC[C@@H]2C(=O)Nc2cccc(Cl)c2)ncc1C(=O)O. The van der Waals surface area contributed by atoms with Gasteiger partial charge in [-0.1, -0.05) is 41.9 Å². The van der Waals surface area contributed by atoms with Crippen LogP contribution in [0.2, 0.25) is 5.02 Å². The number of anilines is 2. The van der Waals surface area contributed by atoms with Crippen molar-refractivity contribution in [1.29, 1.82) is 0 Å². The molecule has 8 heteroatoms. The van der Waals surface area contributed by atoms with E-state index < -0.39 is 12.0 Å². The van der Waals surface area contributed by atoms with Crippen molar-refractivity contribution in [1.82, 2.24) is 9.97 Å². The monoisotopic (exact) mass is 464 g/mol. The van der Waals surface area contributed by atoms with Gasteiger partial charge >= 0.3 is 5.97 Å². The minimum absolute atomic E-state index is 0.0893. The third kappa shape index (κ3) is 5.31. The van der Waals surface area contributed by atoms with Gasteiger partial charge in [0.2, 0.25) is 11.9 Å². The zero-order chi connectivity index (χ0) is 23.4. The van der Waals surface area contributed by atoms with E-state index in [0.29, 0.717) is 48.2 Å². The number of nitrogens with one attached hydrogen (secondary N) is 1. The summed E-state index contributed by atoms with van der Waals surface area (Å²) in [7, 11) is 0. The molecule has 1 fully saturated rings. The number of benzene rings is 2. The molecule has 0 spiro atoms. The maximum Gasteiger partial charge on any atom is 0.339 e. The van der Waals surface area contributed by atoms with Crippen molar-refractivity contribution in [2.75, 3.05) is 16.8 Å². The highest BCUT2D eigenvalue weighted by molar-refractivity contribution is 6.30. The fourth-order valence-electron chi connectivity index (χ4n) is 4.13. The van der Waals surface area contributed by atoms with Crippen LogP contribution in [0, 0.1) is 6.92 Å². The molecule has 1 atom stereocenters. The molecular formula is C25H25ClN4O3. The van der Waals surface area contributed by atoms with Crippen LogP contribution in [0.1, 0.15) is 40.0 Å². The summed E-state index contributed by atoms with van der Waals surface area (Å²) >= 11 is 6.02. The fraction of sp³-hybridized carbons (Fsp3) is 0.280. The Labute approximate surface area is 197 Å². The number of carbonyl (C=O) groups is 2. The normalized spacial score (nSPS) is 15.5. The Hall–Kier alpha value is -3.45. The molecule has 0 radical (unpaired) electrons. The van der Waals surface area contributed by atoms with Crippen molar-refractivity contribution in [3.05, 3.63) is 82.1 Å². The summed E-state index contributed by atoms with van der Waals surface area (Å²) < 4.78 is 0. The van der Waals surface area contributed by atoms with Gasteiger partial charge in [-0.3, -0.25) is 4.79 Å². The lowest BCUT2D eigenvalue weighted by atomic mass is 10.0. The van der Waals surface area contributed by atoms with Gasteiger partial charge in [0.25, 0.3) is 0 Å². The molecule has 2 heterocycles. The number of carbonyl (C=O) groups excluding carboxylic acids is 1. The van der Waals surface area contributed by atoms with Gasteiger partial charge < -0.3 is 15.3 Å². The number of aromatic nitrogens is 2. The number of nitrogens with zero attached hydrogens (tertiary/aromatic N) is 3. The molecule has 7 nitrogen and oxygen atoms in total. The molecule has 1 aliphatic rings. The van der Waals surface area contributed by atoms with Gasteiger partial charge in [0.1, 0.15) is 6.04 Å². The van der Waals surface area contributed by atoms with Crippen molar-refractivity contribution in [3.63, 3.8) is 0 Å². The lowest BCUT2D eigenvalue weighted by molar-refractivity contribution is -0.117. The van der Waals surface area contributed by atoms with Crippen molar-refractivity contribution in [2.24, 2.45) is 0 Å². The zero-order valence-corrected chi connectivity index (χ0v) is 19.0. The molecule has 0 unspecified atom stereocenters. The lowest BCUT2D eigenvalue weighted by Crippen LogP contribution is -2.40. The molecule has 1 aromatic heterocycles. The summed E-state index contributed by atoms with van der Waals surface area (Å²) in [5, 5.41) is 13.1. The highest BCUT2D eigenvalue weighted by Gasteiger charge is 2.33. The molecule has 1 saturated heterocycles. The van der Waals surface area contributed by atoms with Crippen LogP contribution in [0.15, 0.2) is 54.7 Å². The van der Waals surface area contributed by atoms with Crippen LogP contribution < -0.4 is 10.2 Å². The Morgan fingerprint density at radius 3 is 2.76 bits per heavy atom. The molecule has 0 saturated carbocycles. The van der Waals surface area contributed by atoms with Crippen LogP contribution >= 0.6 is 11.6 Å². The topological polar surface area (TPSA) is 95.4 Å². The number of carboxylic acid groups (broad SMARTS) is 1. The van der Waals surface area contributed by atoms with Crippen molar-refractivity contribution in [2.45, 2.75) is 38.6 Å². The molecule has 2 N–H and O–H groups in total. The minimum atomic E-state index is -1.06. The van der Waals surface area contributed by atoms with E-state index in [0.717, 1.165) is 17.5 Å². The number of hydrogen-bond acceptors (Lipinski definition) is 5. The molecule has 1 aliphatic heterocycles. The molecule has 4 rings (SSSR count). The summed E-state index contributed by atoms with van der Waals surface area (Å²) in [6.45, 7) is 2.66.